The molecule has 6 nitrogen and oxygen atoms in total. The minimum absolute atomic E-state index is 0.206. The molecule has 1 heterocycles. The highest BCUT2D eigenvalue weighted by Gasteiger charge is 2.70. The van der Waals surface area contributed by atoms with Crippen LogP contribution in [0.5, 0.6) is 0 Å². The maximum absolute atomic E-state index is 11.4. The van der Waals surface area contributed by atoms with Crippen molar-refractivity contribution in [1.29, 1.82) is 0 Å². The molecular weight excluding hydrogens is 452 g/mol. The average Bonchev–Trinajstić information content (AvgIpc) is 3.23. The fourth-order valence-electron chi connectivity index (χ4n) is 9.34. The zero-order chi connectivity index (χ0) is 24.7. The Kier molecular flexibility index (Phi) is 6.03. The molecule has 0 aromatic rings. The lowest BCUT2D eigenvalue weighted by atomic mass is 9.46. The molecule has 4 aliphatic carbocycles. The van der Waals surface area contributed by atoms with Crippen LogP contribution in [0.25, 0.3) is 0 Å². The first-order chi connectivity index (χ1) is 15.8. The van der Waals surface area contributed by atoms with E-state index in [0.717, 1.165) is 29.7 Å². The summed E-state index contributed by atoms with van der Waals surface area (Å²) in [6.45, 7) is 11.9. The molecule has 9 atom stereocenters. The Morgan fingerprint density at radius 2 is 1.85 bits per heavy atom. The van der Waals surface area contributed by atoms with Crippen LogP contribution in [-0.2, 0) is 19.3 Å². The molecule has 4 fully saturated rings. The van der Waals surface area contributed by atoms with E-state index in [1.165, 1.54) is 38.5 Å². The van der Waals surface area contributed by atoms with Gasteiger partial charge in [-0.05, 0) is 84.0 Å². The molecule has 1 saturated heterocycles. The van der Waals surface area contributed by atoms with E-state index in [-0.39, 0.29) is 17.9 Å². The summed E-state index contributed by atoms with van der Waals surface area (Å²) in [7, 11) is -4.61. The molecule has 34 heavy (non-hydrogen) atoms. The topological polar surface area (TPSA) is 96.4 Å². The monoisotopic (exact) mass is 496 g/mol. The molecule has 5 rings (SSSR count). The molecule has 0 amide bonds. The largest absolute Gasteiger partial charge is 0.512 e. The Morgan fingerprint density at radius 1 is 1.12 bits per heavy atom. The number of allylic oxidation sites excluding steroid dienone is 1. The van der Waals surface area contributed by atoms with Gasteiger partial charge < -0.3 is 9.84 Å². The zero-order valence-electron chi connectivity index (χ0n) is 21.5. The molecule has 0 aromatic carbocycles. The van der Waals surface area contributed by atoms with Crippen molar-refractivity contribution >= 4 is 10.4 Å². The summed E-state index contributed by atoms with van der Waals surface area (Å²) in [5, 5.41) is 11.3. The summed E-state index contributed by atoms with van der Waals surface area (Å²) in [4.78, 5) is 0. The van der Waals surface area contributed by atoms with E-state index in [2.05, 4.69) is 34.6 Å². The number of aliphatic hydroxyl groups excluding tert-OH is 1. The molecule has 3 saturated carbocycles. The second-order valence-corrected chi connectivity index (χ2v) is 14.3. The van der Waals surface area contributed by atoms with Crippen LogP contribution in [0.4, 0.5) is 0 Å². The first-order valence-corrected chi connectivity index (χ1v) is 14.9. The van der Waals surface area contributed by atoms with Crippen LogP contribution < -0.4 is 0 Å². The van der Waals surface area contributed by atoms with Gasteiger partial charge in [-0.15, -0.1) is 0 Å². The molecule has 2 unspecified atom stereocenters. The molecule has 0 bridgehead atoms. The summed E-state index contributed by atoms with van der Waals surface area (Å²) in [6.07, 6.45) is 10.1. The quantitative estimate of drug-likeness (QED) is 0.311. The Labute approximate surface area is 205 Å². The third kappa shape index (κ3) is 3.97. The van der Waals surface area contributed by atoms with Gasteiger partial charge in [0, 0.05) is 12.8 Å². The van der Waals surface area contributed by atoms with Gasteiger partial charge in [0.05, 0.1) is 5.76 Å². The van der Waals surface area contributed by atoms with E-state index in [4.69, 9.17) is 8.92 Å². The van der Waals surface area contributed by atoms with E-state index >= 15 is 0 Å². The van der Waals surface area contributed by atoms with Crippen molar-refractivity contribution < 1.29 is 27.0 Å². The molecule has 0 radical (unpaired) electrons. The Hall–Kier alpha value is -0.630. The van der Waals surface area contributed by atoms with Crippen molar-refractivity contribution in [2.24, 2.45) is 46.3 Å². The van der Waals surface area contributed by atoms with Crippen LogP contribution in [0.1, 0.15) is 98.8 Å². The van der Waals surface area contributed by atoms with Gasteiger partial charge in [0.15, 0.2) is 0 Å². The molecule has 194 valence electrons. The predicted molar refractivity (Wildman–Crippen MR) is 130 cm³/mol. The van der Waals surface area contributed by atoms with Gasteiger partial charge in [-0.25, -0.2) is 4.18 Å². The summed E-state index contributed by atoms with van der Waals surface area (Å²) < 4.78 is 42.7. The van der Waals surface area contributed by atoms with Crippen molar-refractivity contribution in [3.05, 3.63) is 11.3 Å². The van der Waals surface area contributed by atoms with Gasteiger partial charge >= 0.3 is 10.4 Å². The second-order valence-electron chi connectivity index (χ2n) is 13.3. The third-order valence-electron chi connectivity index (χ3n) is 11.0. The summed E-state index contributed by atoms with van der Waals surface area (Å²) in [5.41, 5.74) is 1.03. The second kappa shape index (κ2) is 8.19. The number of aliphatic hydroxyl groups is 1. The van der Waals surface area contributed by atoms with Gasteiger partial charge in [0.1, 0.15) is 6.10 Å². The summed E-state index contributed by atoms with van der Waals surface area (Å²) >= 11 is 0. The molecule has 7 heteroatoms. The fraction of sp³-hybridized carbons (Fsp3) is 0.926. The third-order valence-corrected chi connectivity index (χ3v) is 11.5. The van der Waals surface area contributed by atoms with Crippen LogP contribution in [0.3, 0.4) is 0 Å². The molecular formula is C27H44O6S. The van der Waals surface area contributed by atoms with Crippen LogP contribution >= 0.6 is 0 Å². The van der Waals surface area contributed by atoms with Crippen LogP contribution in [0.15, 0.2) is 11.3 Å². The highest BCUT2D eigenvalue weighted by atomic mass is 32.3. The lowest BCUT2D eigenvalue weighted by Crippen LogP contribution is -2.52. The van der Waals surface area contributed by atoms with E-state index < -0.39 is 16.2 Å². The van der Waals surface area contributed by atoms with Gasteiger partial charge in [-0.3, -0.25) is 4.55 Å². The lowest BCUT2D eigenvalue weighted by Gasteiger charge is -2.58. The van der Waals surface area contributed by atoms with E-state index in [1.54, 1.807) is 0 Å². The van der Waals surface area contributed by atoms with Crippen LogP contribution in [-0.4, -0.2) is 30.0 Å². The Morgan fingerprint density at radius 3 is 2.53 bits per heavy atom. The number of epoxide rings is 1. The highest BCUT2D eigenvalue weighted by molar-refractivity contribution is 7.80. The van der Waals surface area contributed by atoms with Crippen molar-refractivity contribution in [2.45, 2.75) is 111 Å². The first kappa shape index (κ1) is 25.0. The molecule has 0 aromatic heterocycles. The normalized spacial score (nSPS) is 46.5. The maximum atomic E-state index is 11.4. The number of fused-ring (bicyclic) bond motifs is 6. The lowest BCUT2D eigenvalue weighted by molar-refractivity contribution is -0.0632. The SMILES string of the molecule is CC(C)CCC[C@@H](C)[C@H]1CC[C@H]2[C@@H]3CC(O)=C4CC5(OS(=O)(=O)O)OC5C[C@]4(C)[C@H]3CC[C@]12C. The van der Waals surface area contributed by atoms with Crippen molar-refractivity contribution in [3.8, 4) is 0 Å². The molecule has 1 aliphatic heterocycles. The fourth-order valence-corrected chi connectivity index (χ4v) is 9.90. The number of hydrogen-bond donors (Lipinski definition) is 2. The minimum Gasteiger partial charge on any atom is -0.512 e. The van der Waals surface area contributed by atoms with Crippen LogP contribution in [0, 0.1) is 46.3 Å². The minimum atomic E-state index is -4.61. The van der Waals surface area contributed by atoms with Crippen molar-refractivity contribution in [2.75, 3.05) is 0 Å². The Bertz CT molecular complexity index is 958. The Balaban J connectivity index is 1.36. The molecule has 0 spiro atoms. The van der Waals surface area contributed by atoms with Crippen molar-refractivity contribution in [3.63, 3.8) is 0 Å². The number of rotatable bonds is 7. The predicted octanol–water partition coefficient (Wildman–Crippen LogP) is 6.44. The van der Waals surface area contributed by atoms with Gasteiger partial charge in [-0.1, -0.05) is 53.9 Å². The van der Waals surface area contributed by atoms with Gasteiger partial charge in [-0.2, -0.15) is 8.42 Å². The van der Waals surface area contributed by atoms with Gasteiger partial charge in [0.25, 0.3) is 0 Å². The summed E-state index contributed by atoms with van der Waals surface area (Å²) in [6, 6.07) is 0. The average molecular weight is 497 g/mol. The van der Waals surface area contributed by atoms with E-state index in [0.29, 0.717) is 41.8 Å². The summed E-state index contributed by atoms with van der Waals surface area (Å²) in [5.74, 6) is 2.94. The van der Waals surface area contributed by atoms with E-state index in [1.807, 2.05) is 0 Å². The zero-order valence-corrected chi connectivity index (χ0v) is 22.4. The number of ether oxygens (including phenoxy) is 1. The first-order valence-electron chi connectivity index (χ1n) is 13.6. The highest BCUT2D eigenvalue weighted by Crippen LogP contribution is 2.70. The molecule has 2 N–H and O–H groups in total. The number of hydrogen-bond acceptors (Lipinski definition) is 5. The standard InChI is InChI=1S/C27H44O6S/c1-16(2)7-6-8-17(3)19-9-10-20-18-13-23(28)22-14-27(33-34(29,30)31)24(32-27)15-26(22,5)21(18)11-12-25(19,20)4/h16-21,24,28H,6-15H2,1-5H3,(H,29,30,31)/t17-,18+,19-,20+,21+,24?,25-,26-,27?/m1/s1. The smallest absolute Gasteiger partial charge is 0.400 e. The van der Waals surface area contributed by atoms with E-state index in [9.17, 15) is 18.1 Å². The van der Waals surface area contributed by atoms with Crippen molar-refractivity contribution in [1.82, 2.24) is 0 Å². The molecule has 5 aliphatic rings. The maximum Gasteiger partial charge on any atom is 0.400 e. The van der Waals surface area contributed by atoms with Gasteiger partial charge in [0.2, 0.25) is 5.79 Å². The van der Waals surface area contributed by atoms with Crippen LogP contribution in [0.2, 0.25) is 0 Å².